The van der Waals surface area contributed by atoms with Crippen LogP contribution in [0.15, 0.2) is 36.4 Å². The molecule has 1 aliphatic heterocycles. The summed E-state index contributed by atoms with van der Waals surface area (Å²) in [5.74, 6) is -1.93. The number of carbonyl (C=O) groups excluding carboxylic acids is 2. The summed E-state index contributed by atoms with van der Waals surface area (Å²) >= 11 is 0. The molecule has 0 radical (unpaired) electrons. The molecule has 0 atom stereocenters. The van der Waals surface area contributed by atoms with Gasteiger partial charge in [0.15, 0.2) is 11.5 Å². The Morgan fingerprint density at radius 2 is 1.71 bits per heavy atom. The van der Waals surface area contributed by atoms with Gasteiger partial charge in [-0.15, -0.1) is 0 Å². The number of fused-ring (bicyclic) bond motifs is 1. The Labute approximate surface area is 135 Å². The predicted octanol–water partition coefficient (Wildman–Crippen LogP) is 2.66. The standard InChI is InChI=1S/C16H12F2N2O4/c17-9-1-3-12(11(18)5-9)20-16(22)7-15(21)19-10-2-4-13-14(6-10)24-8-23-13/h1-6H,7-8H2,(H,19,21)(H,20,22). The summed E-state index contributed by atoms with van der Waals surface area (Å²) in [6.45, 7) is 0.109. The molecule has 6 nitrogen and oxygen atoms in total. The molecule has 2 N–H and O–H groups in total. The Morgan fingerprint density at radius 3 is 2.50 bits per heavy atom. The molecular formula is C16H12F2N2O4. The summed E-state index contributed by atoms with van der Waals surface area (Å²) in [6.07, 6.45) is -0.523. The molecule has 0 bridgehead atoms. The molecule has 1 aliphatic rings. The van der Waals surface area contributed by atoms with E-state index >= 15 is 0 Å². The number of nitrogens with one attached hydrogen (secondary N) is 2. The van der Waals surface area contributed by atoms with Crippen molar-refractivity contribution in [2.75, 3.05) is 17.4 Å². The van der Waals surface area contributed by atoms with E-state index in [2.05, 4.69) is 10.6 Å². The molecule has 0 aliphatic carbocycles. The molecule has 24 heavy (non-hydrogen) atoms. The van der Waals surface area contributed by atoms with Crippen LogP contribution in [0.2, 0.25) is 0 Å². The van der Waals surface area contributed by atoms with E-state index in [1.54, 1.807) is 18.2 Å². The minimum atomic E-state index is -0.917. The van der Waals surface area contributed by atoms with Gasteiger partial charge in [0.25, 0.3) is 0 Å². The molecule has 2 aromatic carbocycles. The highest BCUT2D eigenvalue weighted by Gasteiger charge is 2.16. The SMILES string of the molecule is O=C(CC(=O)Nc1ccc(F)cc1F)Nc1ccc2c(c1)OCO2. The third-order valence-corrected chi connectivity index (χ3v) is 3.18. The fraction of sp³-hybridized carbons (Fsp3) is 0.125. The average molecular weight is 334 g/mol. The van der Waals surface area contributed by atoms with E-state index in [-0.39, 0.29) is 12.5 Å². The summed E-state index contributed by atoms with van der Waals surface area (Å²) in [7, 11) is 0. The van der Waals surface area contributed by atoms with Crippen LogP contribution in [-0.2, 0) is 9.59 Å². The quantitative estimate of drug-likeness (QED) is 0.843. The van der Waals surface area contributed by atoms with Crippen LogP contribution in [0.3, 0.4) is 0 Å². The summed E-state index contributed by atoms with van der Waals surface area (Å²) < 4.78 is 36.6. The van der Waals surface area contributed by atoms with Crippen molar-refractivity contribution in [1.82, 2.24) is 0 Å². The van der Waals surface area contributed by atoms with E-state index in [0.29, 0.717) is 23.3 Å². The first-order valence-corrected chi connectivity index (χ1v) is 6.95. The van der Waals surface area contributed by atoms with Gasteiger partial charge in [-0.3, -0.25) is 9.59 Å². The van der Waals surface area contributed by atoms with Crippen molar-refractivity contribution in [3.8, 4) is 11.5 Å². The van der Waals surface area contributed by atoms with E-state index in [1.165, 1.54) is 0 Å². The first-order valence-electron chi connectivity index (χ1n) is 6.95. The molecule has 124 valence electrons. The summed E-state index contributed by atoms with van der Waals surface area (Å²) in [5.41, 5.74) is 0.238. The van der Waals surface area contributed by atoms with Crippen molar-refractivity contribution in [1.29, 1.82) is 0 Å². The predicted molar refractivity (Wildman–Crippen MR) is 80.8 cm³/mol. The van der Waals surface area contributed by atoms with Crippen LogP contribution in [0.25, 0.3) is 0 Å². The van der Waals surface area contributed by atoms with Gasteiger partial charge in [0.1, 0.15) is 18.1 Å². The Morgan fingerprint density at radius 1 is 0.958 bits per heavy atom. The maximum absolute atomic E-state index is 13.4. The Balaban J connectivity index is 1.57. The van der Waals surface area contributed by atoms with E-state index in [4.69, 9.17) is 9.47 Å². The molecule has 1 heterocycles. The molecular weight excluding hydrogens is 322 g/mol. The van der Waals surface area contributed by atoms with Gasteiger partial charge in [-0.05, 0) is 24.3 Å². The lowest BCUT2D eigenvalue weighted by atomic mass is 10.2. The number of hydrogen-bond acceptors (Lipinski definition) is 4. The van der Waals surface area contributed by atoms with Crippen molar-refractivity contribution in [3.63, 3.8) is 0 Å². The summed E-state index contributed by atoms with van der Waals surface area (Å²) in [4.78, 5) is 23.6. The fourth-order valence-corrected chi connectivity index (χ4v) is 2.11. The maximum Gasteiger partial charge on any atom is 0.233 e. The lowest BCUT2D eigenvalue weighted by Gasteiger charge is -2.08. The summed E-state index contributed by atoms with van der Waals surface area (Å²) in [6, 6.07) is 7.53. The summed E-state index contributed by atoms with van der Waals surface area (Å²) in [5, 5.41) is 4.73. The van der Waals surface area contributed by atoms with Gasteiger partial charge < -0.3 is 20.1 Å². The van der Waals surface area contributed by atoms with Crippen LogP contribution in [0.5, 0.6) is 11.5 Å². The largest absolute Gasteiger partial charge is 0.454 e. The number of amides is 2. The van der Waals surface area contributed by atoms with Crippen molar-refractivity contribution >= 4 is 23.2 Å². The number of rotatable bonds is 4. The molecule has 8 heteroatoms. The average Bonchev–Trinajstić information content (AvgIpc) is 2.97. The highest BCUT2D eigenvalue weighted by Crippen LogP contribution is 2.34. The van der Waals surface area contributed by atoms with E-state index < -0.39 is 29.9 Å². The van der Waals surface area contributed by atoms with E-state index in [9.17, 15) is 18.4 Å². The van der Waals surface area contributed by atoms with E-state index in [0.717, 1.165) is 12.1 Å². The zero-order valence-corrected chi connectivity index (χ0v) is 12.3. The second-order valence-electron chi connectivity index (χ2n) is 4.97. The monoisotopic (exact) mass is 334 g/mol. The van der Waals surface area contributed by atoms with Crippen molar-refractivity contribution < 1.29 is 27.8 Å². The lowest BCUT2D eigenvalue weighted by molar-refractivity contribution is -0.123. The van der Waals surface area contributed by atoms with Crippen LogP contribution >= 0.6 is 0 Å². The lowest BCUT2D eigenvalue weighted by Crippen LogP contribution is -2.21. The van der Waals surface area contributed by atoms with Gasteiger partial charge in [0.05, 0.1) is 5.69 Å². The molecule has 0 fully saturated rings. The number of benzene rings is 2. The molecule has 0 unspecified atom stereocenters. The third-order valence-electron chi connectivity index (χ3n) is 3.18. The van der Waals surface area contributed by atoms with Crippen molar-refractivity contribution in [2.45, 2.75) is 6.42 Å². The minimum Gasteiger partial charge on any atom is -0.454 e. The van der Waals surface area contributed by atoms with Crippen LogP contribution in [0.1, 0.15) is 6.42 Å². The smallest absolute Gasteiger partial charge is 0.233 e. The second-order valence-corrected chi connectivity index (χ2v) is 4.97. The normalized spacial score (nSPS) is 11.9. The first-order chi connectivity index (χ1) is 11.5. The van der Waals surface area contributed by atoms with Crippen molar-refractivity contribution in [3.05, 3.63) is 48.0 Å². The van der Waals surface area contributed by atoms with Gasteiger partial charge in [0, 0.05) is 17.8 Å². The van der Waals surface area contributed by atoms with Gasteiger partial charge >= 0.3 is 0 Å². The van der Waals surface area contributed by atoms with E-state index in [1.807, 2.05) is 0 Å². The molecule has 0 saturated heterocycles. The zero-order valence-electron chi connectivity index (χ0n) is 12.3. The topological polar surface area (TPSA) is 76.7 Å². The molecule has 3 rings (SSSR count). The Bertz CT molecular complexity index is 811. The van der Waals surface area contributed by atoms with Crippen LogP contribution < -0.4 is 20.1 Å². The minimum absolute atomic E-state index is 0.109. The second kappa shape index (κ2) is 6.53. The fourth-order valence-electron chi connectivity index (χ4n) is 2.11. The van der Waals surface area contributed by atoms with Crippen LogP contribution in [0.4, 0.5) is 20.2 Å². The van der Waals surface area contributed by atoms with Crippen molar-refractivity contribution in [2.24, 2.45) is 0 Å². The Kier molecular flexibility index (Phi) is 4.28. The maximum atomic E-state index is 13.4. The number of halogens is 2. The van der Waals surface area contributed by atoms with Gasteiger partial charge in [-0.25, -0.2) is 8.78 Å². The molecule has 2 amide bonds. The van der Waals surface area contributed by atoms with Gasteiger partial charge in [-0.2, -0.15) is 0 Å². The first kappa shape index (κ1) is 15.7. The number of anilines is 2. The molecule has 2 aromatic rings. The number of carbonyl (C=O) groups is 2. The third kappa shape index (κ3) is 3.60. The highest BCUT2D eigenvalue weighted by atomic mass is 19.1. The molecule has 0 aromatic heterocycles. The Hall–Kier alpha value is -3.16. The number of hydrogen-bond donors (Lipinski definition) is 2. The molecule has 0 saturated carbocycles. The zero-order chi connectivity index (χ0) is 17.1. The van der Waals surface area contributed by atoms with Crippen LogP contribution in [0, 0.1) is 11.6 Å². The van der Waals surface area contributed by atoms with Crippen LogP contribution in [-0.4, -0.2) is 18.6 Å². The number of ether oxygens (including phenoxy) is 2. The van der Waals surface area contributed by atoms with Gasteiger partial charge in [0.2, 0.25) is 18.6 Å². The highest BCUT2D eigenvalue weighted by molar-refractivity contribution is 6.08. The molecule has 0 spiro atoms. The van der Waals surface area contributed by atoms with Gasteiger partial charge in [-0.1, -0.05) is 0 Å².